The van der Waals surface area contributed by atoms with E-state index in [-0.39, 0.29) is 11.5 Å². The fourth-order valence-corrected chi connectivity index (χ4v) is 5.59. The predicted octanol–water partition coefficient (Wildman–Crippen LogP) is 7.89. The van der Waals surface area contributed by atoms with E-state index in [1.165, 1.54) is 0 Å². The van der Waals surface area contributed by atoms with E-state index in [0.717, 1.165) is 43.6 Å². The van der Waals surface area contributed by atoms with Crippen molar-refractivity contribution in [2.45, 2.75) is 0 Å². The molecule has 0 saturated carbocycles. The molecule has 7 rings (SSSR count). The Labute approximate surface area is 230 Å². The minimum atomic E-state index is 0.168. The second-order valence-corrected chi connectivity index (χ2v) is 10.0. The van der Waals surface area contributed by atoms with Crippen LogP contribution in [-0.2, 0) is 14.1 Å². The second kappa shape index (κ2) is 9.13. The number of aromatic hydroxyl groups is 2. The molecule has 40 heavy (non-hydrogen) atoms. The van der Waals surface area contributed by atoms with Crippen LogP contribution in [0.3, 0.4) is 0 Å². The molecule has 0 aliphatic rings. The molecule has 0 saturated heterocycles. The van der Waals surface area contributed by atoms with Gasteiger partial charge < -0.3 is 19.3 Å². The van der Waals surface area contributed by atoms with E-state index in [4.69, 9.17) is 0 Å². The SMILES string of the molecule is Cn1c2ccccc2c2cc(O)c(C=Nc3ccccc3N=Cc3cc4c(cc3O)c3ccccc3n4C)cc21. The highest BCUT2D eigenvalue weighted by atomic mass is 16.3. The Hall–Kier alpha value is -5.36. The Morgan fingerprint density at radius 1 is 0.500 bits per heavy atom. The molecule has 0 radical (unpaired) electrons. The molecule has 6 heteroatoms. The van der Waals surface area contributed by atoms with Crippen LogP contribution in [0.25, 0.3) is 43.6 Å². The van der Waals surface area contributed by atoms with Crippen molar-refractivity contribution in [2.75, 3.05) is 0 Å². The number of para-hydroxylation sites is 4. The maximum Gasteiger partial charge on any atom is 0.125 e. The summed E-state index contributed by atoms with van der Waals surface area (Å²) in [4.78, 5) is 9.36. The highest BCUT2D eigenvalue weighted by Gasteiger charge is 2.13. The van der Waals surface area contributed by atoms with Crippen molar-refractivity contribution in [2.24, 2.45) is 24.1 Å². The zero-order valence-corrected chi connectivity index (χ0v) is 22.1. The molecule has 0 unspecified atom stereocenters. The Morgan fingerprint density at radius 2 is 0.900 bits per heavy atom. The van der Waals surface area contributed by atoms with Gasteiger partial charge in [0.25, 0.3) is 0 Å². The van der Waals surface area contributed by atoms with Crippen LogP contribution in [0.4, 0.5) is 11.4 Å². The first-order valence-electron chi connectivity index (χ1n) is 13.1. The van der Waals surface area contributed by atoms with Gasteiger partial charge in [-0.1, -0.05) is 48.5 Å². The summed E-state index contributed by atoms with van der Waals surface area (Å²) >= 11 is 0. The zero-order chi connectivity index (χ0) is 27.4. The molecule has 6 nitrogen and oxygen atoms in total. The monoisotopic (exact) mass is 522 g/mol. The van der Waals surface area contributed by atoms with Gasteiger partial charge in [0.2, 0.25) is 0 Å². The Kier molecular flexibility index (Phi) is 5.42. The summed E-state index contributed by atoms with van der Waals surface area (Å²) in [5.41, 5.74) is 6.80. The number of fused-ring (bicyclic) bond motifs is 6. The van der Waals surface area contributed by atoms with Gasteiger partial charge in [0, 0.05) is 81.3 Å². The van der Waals surface area contributed by atoms with Gasteiger partial charge in [0.1, 0.15) is 11.5 Å². The minimum absolute atomic E-state index is 0.168. The molecular weight excluding hydrogens is 496 g/mol. The molecule has 0 fully saturated rings. The second-order valence-electron chi connectivity index (χ2n) is 10.0. The van der Waals surface area contributed by atoms with Crippen molar-refractivity contribution in [3.05, 3.63) is 108 Å². The van der Waals surface area contributed by atoms with E-state index in [0.29, 0.717) is 22.5 Å². The van der Waals surface area contributed by atoms with Crippen LogP contribution in [0.1, 0.15) is 11.1 Å². The molecule has 0 aliphatic heterocycles. The number of hydrogen-bond acceptors (Lipinski definition) is 4. The minimum Gasteiger partial charge on any atom is -0.507 e. The van der Waals surface area contributed by atoms with E-state index >= 15 is 0 Å². The summed E-state index contributed by atoms with van der Waals surface area (Å²) in [5.74, 6) is 0.337. The van der Waals surface area contributed by atoms with Crippen molar-refractivity contribution in [3.8, 4) is 11.5 Å². The first-order chi connectivity index (χ1) is 19.5. The van der Waals surface area contributed by atoms with E-state index in [1.54, 1.807) is 24.6 Å². The molecular formula is C34H26N4O2. The zero-order valence-electron chi connectivity index (χ0n) is 22.1. The van der Waals surface area contributed by atoms with Gasteiger partial charge in [-0.15, -0.1) is 0 Å². The lowest BCUT2D eigenvalue weighted by Crippen LogP contribution is -1.89. The largest absolute Gasteiger partial charge is 0.507 e. The lowest BCUT2D eigenvalue weighted by molar-refractivity contribution is 0.475. The first-order valence-corrected chi connectivity index (χ1v) is 13.1. The number of phenolic OH excluding ortho intramolecular Hbond substituents is 2. The fourth-order valence-electron chi connectivity index (χ4n) is 5.59. The fraction of sp³-hybridized carbons (Fsp3) is 0.0588. The van der Waals surface area contributed by atoms with Crippen molar-refractivity contribution < 1.29 is 10.2 Å². The standard InChI is InChI=1S/C34H26N4O2/c1-37-29-13-7-3-9-23(29)25-17-33(39)21(15-31(25)37)19-35-27-11-5-6-12-28(27)36-20-22-16-32-26(18-34(22)40)24-10-4-8-14-30(24)38(32)2/h3-20,39-40H,1-2H3. The summed E-state index contributed by atoms with van der Waals surface area (Å²) in [6.45, 7) is 0. The van der Waals surface area contributed by atoms with Crippen molar-refractivity contribution in [1.82, 2.24) is 9.13 Å². The summed E-state index contributed by atoms with van der Waals surface area (Å²) in [6, 6.07) is 31.4. The Bertz CT molecular complexity index is 2010. The molecule has 0 aliphatic carbocycles. The molecule has 0 amide bonds. The van der Waals surface area contributed by atoms with Gasteiger partial charge >= 0.3 is 0 Å². The van der Waals surface area contributed by atoms with E-state index in [9.17, 15) is 10.2 Å². The maximum atomic E-state index is 10.8. The van der Waals surface area contributed by atoms with Gasteiger partial charge in [-0.05, 0) is 48.5 Å². The summed E-state index contributed by atoms with van der Waals surface area (Å²) in [5, 5.41) is 25.8. The van der Waals surface area contributed by atoms with Gasteiger partial charge in [-0.3, -0.25) is 9.98 Å². The molecule has 2 N–H and O–H groups in total. The van der Waals surface area contributed by atoms with E-state index in [1.807, 2.05) is 74.8 Å². The smallest absolute Gasteiger partial charge is 0.125 e. The van der Waals surface area contributed by atoms with Gasteiger partial charge in [-0.2, -0.15) is 0 Å². The first kappa shape index (κ1) is 23.7. The highest BCUT2D eigenvalue weighted by Crippen LogP contribution is 2.35. The van der Waals surface area contributed by atoms with Crippen LogP contribution in [0.5, 0.6) is 11.5 Å². The normalized spacial score (nSPS) is 12.2. The molecule has 2 aromatic heterocycles. The number of hydrogen-bond donors (Lipinski definition) is 2. The molecule has 0 bridgehead atoms. The number of aliphatic imine (C=N–C) groups is 2. The third-order valence-electron chi connectivity index (χ3n) is 7.69. The number of benzene rings is 5. The summed E-state index contributed by atoms with van der Waals surface area (Å²) < 4.78 is 4.25. The third-order valence-corrected chi connectivity index (χ3v) is 7.69. The number of phenols is 2. The number of aromatic nitrogens is 2. The van der Waals surface area contributed by atoms with E-state index in [2.05, 4.69) is 43.4 Å². The lowest BCUT2D eigenvalue weighted by Gasteiger charge is -2.04. The molecule has 0 spiro atoms. The average molecular weight is 523 g/mol. The molecule has 2 heterocycles. The third kappa shape index (κ3) is 3.73. The quantitative estimate of drug-likeness (QED) is 0.231. The summed E-state index contributed by atoms with van der Waals surface area (Å²) in [6.07, 6.45) is 3.33. The van der Waals surface area contributed by atoms with Crippen LogP contribution in [0.15, 0.2) is 107 Å². The Balaban J connectivity index is 1.25. The predicted molar refractivity (Wildman–Crippen MR) is 165 cm³/mol. The molecule has 7 aromatic rings. The van der Waals surface area contributed by atoms with Crippen LogP contribution >= 0.6 is 0 Å². The highest BCUT2D eigenvalue weighted by molar-refractivity contribution is 6.11. The van der Waals surface area contributed by atoms with Crippen molar-refractivity contribution in [1.29, 1.82) is 0 Å². The van der Waals surface area contributed by atoms with Gasteiger partial charge in [-0.25, -0.2) is 0 Å². The lowest BCUT2D eigenvalue weighted by atomic mass is 10.1. The van der Waals surface area contributed by atoms with Crippen molar-refractivity contribution in [3.63, 3.8) is 0 Å². The topological polar surface area (TPSA) is 75.0 Å². The average Bonchev–Trinajstić information content (AvgIpc) is 3.41. The van der Waals surface area contributed by atoms with Crippen LogP contribution in [-0.4, -0.2) is 31.8 Å². The number of nitrogens with zero attached hydrogens (tertiary/aromatic N) is 4. The number of rotatable bonds is 4. The van der Waals surface area contributed by atoms with Crippen LogP contribution in [0.2, 0.25) is 0 Å². The molecule has 5 aromatic carbocycles. The summed E-state index contributed by atoms with van der Waals surface area (Å²) in [7, 11) is 4.05. The van der Waals surface area contributed by atoms with Crippen LogP contribution in [0, 0.1) is 0 Å². The van der Waals surface area contributed by atoms with Gasteiger partial charge in [0.05, 0.1) is 11.4 Å². The van der Waals surface area contributed by atoms with Crippen LogP contribution < -0.4 is 0 Å². The van der Waals surface area contributed by atoms with Gasteiger partial charge in [0.15, 0.2) is 0 Å². The van der Waals surface area contributed by atoms with Crippen molar-refractivity contribution >= 4 is 67.4 Å². The maximum absolute atomic E-state index is 10.8. The molecule has 194 valence electrons. The van der Waals surface area contributed by atoms with E-state index < -0.39 is 0 Å². The number of aryl methyl sites for hydroxylation is 2. The Morgan fingerprint density at radius 3 is 1.35 bits per heavy atom. The molecule has 0 atom stereocenters.